The zero-order valence-electron chi connectivity index (χ0n) is 21.9. The maximum atomic E-state index is 14.1. The lowest BCUT2D eigenvalue weighted by molar-refractivity contribution is -0.139. The fourth-order valence-electron chi connectivity index (χ4n) is 4.75. The number of ether oxygens (including phenoxy) is 3. The van der Waals surface area contributed by atoms with Gasteiger partial charge in [-0.25, -0.2) is 9.79 Å². The Morgan fingerprint density at radius 2 is 1.98 bits per heavy atom. The molecule has 0 saturated carbocycles. The van der Waals surface area contributed by atoms with E-state index in [0.29, 0.717) is 47.7 Å². The lowest BCUT2D eigenvalue weighted by Gasteiger charge is -2.25. The second-order valence-electron chi connectivity index (χ2n) is 8.84. The molecule has 8 nitrogen and oxygen atoms in total. The molecule has 0 saturated heterocycles. The summed E-state index contributed by atoms with van der Waals surface area (Å²) in [5, 5.41) is 10.9. The summed E-state index contributed by atoms with van der Waals surface area (Å²) in [5.74, 6) is 0.580. The van der Waals surface area contributed by atoms with Crippen molar-refractivity contribution in [3.05, 3.63) is 101 Å². The van der Waals surface area contributed by atoms with Gasteiger partial charge in [0.2, 0.25) is 0 Å². The van der Waals surface area contributed by atoms with Crippen LogP contribution in [0.4, 0.5) is 0 Å². The van der Waals surface area contributed by atoms with E-state index in [1.54, 1.807) is 39.2 Å². The van der Waals surface area contributed by atoms with Gasteiger partial charge in [-0.05, 0) is 70.4 Å². The van der Waals surface area contributed by atoms with Gasteiger partial charge in [0.25, 0.3) is 5.56 Å². The third-order valence-electron chi connectivity index (χ3n) is 6.51. The molecule has 2 heterocycles. The summed E-state index contributed by atoms with van der Waals surface area (Å²) >= 11 is 4.75. The molecule has 0 amide bonds. The van der Waals surface area contributed by atoms with Crippen LogP contribution in [0.5, 0.6) is 11.5 Å². The summed E-state index contributed by atoms with van der Waals surface area (Å²) in [6, 6.07) is 18.1. The normalized spacial score (nSPS) is 14.9. The minimum atomic E-state index is -0.763. The van der Waals surface area contributed by atoms with Crippen molar-refractivity contribution in [2.75, 3.05) is 20.3 Å². The topological polar surface area (TPSA) is 103 Å². The van der Waals surface area contributed by atoms with Crippen molar-refractivity contribution in [1.82, 2.24) is 4.57 Å². The van der Waals surface area contributed by atoms with Crippen LogP contribution in [0.25, 0.3) is 16.8 Å². The van der Waals surface area contributed by atoms with E-state index >= 15 is 0 Å². The number of rotatable bonds is 7. The number of nitrogens with zero attached hydrogens (tertiary/aromatic N) is 3. The van der Waals surface area contributed by atoms with Crippen LogP contribution in [0.3, 0.4) is 0 Å². The minimum Gasteiger partial charge on any atom is -0.496 e. The summed E-state index contributed by atoms with van der Waals surface area (Å²) in [6.45, 7) is 3.53. The number of fused-ring (bicyclic) bond motifs is 2. The summed E-state index contributed by atoms with van der Waals surface area (Å²) < 4.78 is 19.1. The fraction of sp³-hybridized carbons (Fsp3) is 0.200. The van der Waals surface area contributed by atoms with Crippen LogP contribution < -0.4 is 24.4 Å². The summed E-state index contributed by atoms with van der Waals surface area (Å²) in [5.41, 5.74) is 1.84. The monoisotopic (exact) mass is 617 g/mol. The van der Waals surface area contributed by atoms with Crippen LogP contribution in [-0.2, 0) is 9.53 Å². The van der Waals surface area contributed by atoms with Gasteiger partial charge in [-0.1, -0.05) is 47.7 Å². The van der Waals surface area contributed by atoms with E-state index < -0.39 is 12.0 Å². The van der Waals surface area contributed by atoms with E-state index in [1.165, 1.54) is 15.9 Å². The molecule has 1 aliphatic heterocycles. The molecular formula is C30H24BrN3O5S. The molecule has 0 unspecified atom stereocenters. The number of hydrogen-bond donors (Lipinski definition) is 0. The maximum Gasteiger partial charge on any atom is 0.338 e. The van der Waals surface area contributed by atoms with E-state index in [2.05, 4.69) is 20.9 Å². The number of hydrogen-bond acceptors (Lipinski definition) is 8. The molecule has 0 N–H and O–H groups in total. The molecule has 3 aromatic carbocycles. The van der Waals surface area contributed by atoms with E-state index in [4.69, 9.17) is 19.5 Å². The van der Waals surface area contributed by atoms with Gasteiger partial charge in [0.1, 0.15) is 17.6 Å². The lowest BCUT2D eigenvalue weighted by atomic mass is 9.96. The number of carbonyl (C=O) groups is 1. The van der Waals surface area contributed by atoms with Crippen molar-refractivity contribution in [3.63, 3.8) is 0 Å². The Kier molecular flexibility index (Phi) is 7.87. The van der Waals surface area contributed by atoms with E-state index in [0.717, 1.165) is 10.8 Å². The molecule has 0 aliphatic carbocycles. The number of halogens is 1. The van der Waals surface area contributed by atoms with Crippen LogP contribution in [0, 0.1) is 11.3 Å². The van der Waals surface area contributed by atoms with Crippen LogP contribution in [0.15, 0.2) is 80.1 Å². The highest BCUT2D eigenvalue weighted by Crippen LogP contribution is 2.35. The molecule has 202 valence electrons. The zero-order valence-corrected chi connectivity index (χ0v) is 24.3. The number of methoxy groups -OCH3 is 1. The van der Waals surface area contributed by atoms with Crippen molar-refractivity contribution in [3.8, 4) is 17.6 Å². The maximum absolute atomic E-state index is 14.1. The lowest BCUT2D eigenvalue weighted by Crippen LogP contribution is -2.40. The first kappa shape index (κ1) is 27.4. The molecule has 10 heteroatoms. The number of allylic oxidation sites excluding steroid dienone is 1. The first-order valence-corrected chi connectivity index (χ1v) is 14.0. The summed E-state index contributed by atoms with van der Waals surface area (Å²) in [6.07, 6.45) is 1.77. The summed E-state index contributed by atoms with van der Waals surface area (Å²) in [4.78, 5) is 32.4. The van der Waals surface area contributed by atoms with Gasteiger partial charge >= 0.3 is 5.97 Å². The Balaban J connectivity index is 1.77. The predicted octanol–water partition coefficient (Wildman–Crippen LogP) is 4.62. The second-order valence-corrected chi connectivity index (χ2v) is 10.7. The largest absolute Gasteiger partial charge is 0.496 e. The average Bonchev–Trinajstić information content (AvgIpc) is 3.25. The Morgan fingerprint density at radius 1 is 1.20 bits per heavy atom. The molecule has 0 fully saturated rings. The average molecular weight is 619 g/mol. The van der Waals surface area contributed by atoms with Crippen LogP contribution in [-0.4, -0.2) is 30.9 Å². The Labute approximate surface area is 242 Å². The standard InChI is InChI=1S/C30H24BrN3O5S/c1-4-38-29(36)26-17(2)33-30-34(27(26)19-10-12-24(37-3)22(31)15-19)28(35)25(40-30)16-21-20-8-6-5-7-18(20)9-11-23(21)39-14-13-32/h5-12,15-16,27H,4,14H2,1-3H3/b25-16-/t27-/m0/s1. The number of aromatic nitrogens is 1. The zero-order chi connectivity index (χ0) is 28.4. The fourth-order valence-corrected chi connectivity index (χ4v) is 6.34. The number of benzene rings is 3. The van der Waals surface area contributed by atoms with Gasteiger partial charge in [0.15, 0.2) is 11.4 Å². The molecule has 0 bridgehead atoms. The number of nitriles is 1. The molecule has 1 aliphatic rings. The van der Waals surface area contributed by atoms with Gasteiger partial charge in [-0.2, -0.15) is 5.26 Å². The molecule has 1 aromatic heterocycles. The molecule has 5 rings (SSSR count). The Hall–Kier alpha value is -4.20. The predicted molar refractivity (Wildman–Crippen MR) is 156 cm³/mol. The van der Waals surface area contributed by atoms with Crippen molar-refractivity contribution in [2.45, 2.75) is 19.9 Å². The molecule has 0 spiro atoms. The van der Waals surface area contributed by atoms with Gasteiger partial charge in [0.05, 0.1) is 40.0 Å². The van der Waals surface area contributed by atoms with Crippen LogP contribution >= 0.6 is 27.3 Å². The molecule has 1 atom stereocenters. The summed E-state index contributed by atoms with van der Waals surface area (Å²) in [7, 11) is 1.57. The smallest absolute Gasteiger partial charge is 0.338 e. The van der Waals surface area contributed by atoms with Crippen molar-refractivity contribution >= 4 is 50.1 Å². The Morgan fingerprint density at radius 3 is 2.70 bits per heavy atom. The number of thiazole rings is 1. The SMILES string of the molecule is CCOC(=O)C1=C(C)N=c2s/c(=C\c3c(OCC#N)ccc4ccccc34)c(=O)n2[C@H]1c1ccc(OC)c(Br)c1. The van der Waals surface area contributed by atoms with E-state index in [1.807, 2.05) is 48.5 Å². The minimum absolute atomic E-state index is 0.130. The second kappa shape index (κ2) is 11.5. The third kappa shape index (κ3) is 4.94. The quantitative estimate of drug-likeness (QED) is 0.280. The van der Waals surface area contributed by atoms with Crippen molar-refractivity contribution in [1.29, 1.82) is 5.26 Å². The van der Waals surface area contributed by atoms with Gasteiger partial charge in [-0.15, -0.1) is 0 Å². The van der Waals surface area contributed by atoms with Gasteiger partial charge < -0.3 is 14.2 Å². The van der Waals surface area contributed by atoms with E-state index in [-0.39, 0.29) is 18.8 Å². The number of esters is 1. The molecule has 0 radical (unpaired) electrons. The van der Waals surface area contributed by atoms with Gasteiger partial charge in [-0.3, -0.25) is 9.36 Å². The van der Waals surface area contributed by atoms with Crippen LogP contribution in [0.1, 0.15) is 31.0 Å². The number of carbonyl (C=O) groups excluding carboxylic acids is 1. The van der Waals surface area contributed by atoms with E-state index in [9.17, 15) is 9.59 Å². The van der Waals surface area contributed by atoms with Crippen molar-refractivity contribution < 1.29 is 19.0 Å². The highest BCUT2D eigenvalue weighted by atomic mass is 79.9. The molecular weight excluding hydrogens is 594 g/mol. The molecule has 4 aromatic rings. The highest BCUT2D eigenvalue weighted by Gasteiger charge is 2.33. The van der Waals surface area contributed by atoms with Crippen LogP contribution in [0.2, 0.25) is 0 Å². The molecule has 40 heavy (non-hydrogen) atoms. The first-order valence-electron chi connectivity index (χ1n) is 12.4. The highest BCUT2D eigenvalue weighted by molar-refractivity contribution is 9.10. The third-order valence-corrected chi connectivity index (χ3v) is 8.11. The Bertz CT molecular complexity index is 1900. The first-order chi connectivity index (χ1) is 19.4. The van der Waals surface area contributed by atoms with Crippen molar-refractivity contribution in [2.24, 2.45) is 4.99 Å². The van der Waals surface area contributed by atoms with Gasteiger partial charge in [0, 0.05) is 5.56 Å².